The summed E-state index contributed by atoms with van der Waals surface area (Å²) >= 11 is 1.89. The smallest absolute Gasteiger partial charge is 0.0115 e. The molecule has 1 atom stereocenters. The number of thiophene rings is 1. The predicted octanol–water partition coefficient (Wildman–Crippen LogP) is 3.85. The molecule has 1 aliphatic rings. The van der Waals surface area contributed by atoms with E-state index in [1.807, 2.05) is 11.3 Å². The third kappa shape index (κ3) is 3.60. The Morgan fingerprint density at radius 1 is 1.38 bits per heavy atom. The summed E-state index contributed by atoms with van der Waals surface area (Å²) in [6, 6.07) is 5.10. The fourth-order valence-corrected chi connectivity index (χ4v) is 3.59. The number of likely N-dealkylation sites (N-methyl/N-ethyl adjacent to an activating group) is 1. The predicted molar refractivity (Wildman–Crippen MR) is 72.1 cm³/mol. The van der Waals surface area contributed by atoms with Crippen molar-refractivity contribution in [3.8, 4) is 0 Å². The zero-order valence-corrected chi connectivity index (χ0v) is 11.1. The Balaban J connectivity index is 1.80. The van der Waals surface area contributed by atoms with Gasteiger partial charge in [0.05, 0.1) is 0 Å². The SMILES string of the molecule is CNC(Cc1cccs1)CC1CCCCC1. The number of hydrogen-bond acceptors (Lipinski definition) is 2. The van der Waals surface area contributed by atoms with Gasteiger partial charge in [-0.1, -0.05) is 38.2 Å². The minimum atomic E-state index is 0.682. The van der Waals surface area contributed by atoms with Gasteiger partial charge in [0.15, 0.2) is 0 Å². The van der Waals surface area contributed by atoms with E-state index in [1.54, 1.807) is 0 Å². The molecular weight excluding hydrogens is 214 g/mol. The molecule has 1 fully saturated rings. The molecule has 0 spiro atoms. The van der Waals surface area contributed by atoms with E-state index in [0.717, 1.165) is 5.92 Å². The second-order valence-corrected chi connectivity index (χ2v) is 6.04. The minimum absolute atomic E-state index is 0.682. The van der Waals surface area contributed by atoms with E-state index < -0.39 is 0 Å². The molecule has 1 heterocycles. The quantitative estimate of drug-likeness (QED) is 0.820. The molecule has 0 aromatic carbocycles. The van der Waals surface area contributed by atoms with Gasteiger partial charge in [0.2, 0.25) is 0 Å². The van der Waals surface area contributed by atoms with Crippen LogP contribution >= 0.6 is 11.3 Å². The topological polar surface area (TPSA) is 12.0 Å². The molecular formula is C14H23NS. The Bertz CT molecular complexity index is 275. The Morgan fingerprint density at radius 3 is 2.81 bits per heavy atom. The van der Waals surface area contributed by atoms with E-state index in [1.165, 1.54) is 49.8 Å². The van der Waals surface area contributed by atoms with Gasteiger partial charge in [0, 0.05) is 10.9 Å². The average molecular weight is 237 g/mol. The molecule has 2 rings (SSSR count). The lowest BCUT2D eigenvalue weighted by Crippen LogP contribution is -2.30. The first kappa shape index (κ1) is 12.1. The number of rotatable bonds is 5. The monoisotopic (exact) mass is 237 g/mol. The summed E-state index contributed by atoms with van der Waals surface area (Å²) in [6.07, 6.45) is 9.89. The summed E-state index contributed by atoms with van der Waals surface area (Å²) in [4.78, 5) is 1.52. The van der Waals surface area contributed by atoms with Crippen LogP contribution in [0.15, 0.2) is 17.5 Å². The molecule has 0 saturated heterocycles. The lowest BCUT2D eigenvalue weighted by Gasteiger charge is -2.26. The van der Waals surface area contributed by atoms with Crippen LogP contribution in [-0.4, -0.2) is 13.1 Å². The molecule has 0 bridgehead atoms. The Kier molecular flexibility index (Phi) is 4.86. The van der Waals surface area contributed by atoms with Crippen LogP contribution < -0.4 is 5.32 Å². The Hall–Kier alpha value is -0.340. The molecule has 2 heteroatoms. The second-order valence-electron chi connectivity index (χ2n) is 5.01. The summed E-state index contributed by atoms with van der Waals surface area (Å²) in [5.41, 5.74) is 0. The van der Waals surface area contributed by atoms with Crippen LogP contribution in [0.25, 0.3) is 0 Å². The van der Waals surface area contributed by atoms with Crippen molar-refractivity contribution in [2.24, 2.45) is 5.92 Å². The van der Waals surface area contributed by atoms with Gasteiger partial charge in [0.1, 0.15) is 0 Å². The van der Waals surface area contributed by atoms with Gasteiger partial charge in [0.25, 0.3) is 0 Å². The maximum Gasteiger partial charge on any atom is 0.0115 e. The number of nitrogens with one attached hydrogen (secondary N) is 1. The maximum atomic E-state index is 3.49. The van der Waals surface area contributed by atoms with E-state index >= 15 is 0 Å². The lowest BCUT2D eigenvalue weighted by atomic mass is 9.84. The molecule has 1 aromatic rings. The summed E-state index contributed by atoms with van der Waals surface area (Å²) in [6.45, 7) is 0. The fourth-order valence-electron chi connectivity index (χ4n) is 2.80. The van der Waals surface area contributed by atoms with Gasteiger partial charge >= 0.3 is 0 Å². The highest BCUT2D eigenvalue weighted by atomic mass is 32.1. The first-order chi connectivity index (χ1) is 7.88. The van der Waals surface area contributed by atoms with Gasteiger partial charge < -0.3 is 5.32 Å². The molecule has 0 aliphatic heterocycles. The van der Waals surface area contributed by atoms with Crippen LogP contribution in [0.5, 0.6) is 0 Å². The summed E-state index contributed by atoms with van der Waals surface area (Å²) < 4.78 is 0. The third-order valence-corrected chi connectivity index (χ3v) is 4.68. The van der Waals surface area contributed by atoms with Crippen molar-refractivity contribution in [1.29, 1.82) is 0 Å². The van der Waals surface area contributed by atoms with E-state index in [4.69, 9.17) is 0 Å². The molecule has 0 amide bonds. The van der Waals surface area contributed by atoms with E-state index in [2.05, 4.69) is 29.9 Å². The summed E-state index contributed by atoms with van der Waals surface area (Å²) in [5, 5.41) is 5.68. The number of hydrogen-bond donors (Lipinski definition) is 1. The first-order valence-corrected chi connectivity index (χ1v) is 7.46. The molecule has 1 N–H and O–H groups in total. The Morgan fingerprint density at radius 2 is 2.19 bits per heavy atom. The van der Waals surface area contributed by atoms with Gasteiger partial charge in [-0.05, 0) is 37.3 Å². The zero-order valence-electron chi connectivity index (χ0n) is 10.2. The summed E-state index contributed by atoms with van der Waals surface area (Å²) in [7, 11) is 2.11. The van der Waals surface area contributed by atoms with Crippen molar-refractivity contribution in [2.75, 3.05) is 7.05 Å². The molecule has 90 valence electrons. The fraction of sp³-hybridized carbons (Fsp3) is 0.714. The maximum absolute atomic E-state index is 3.49. The lowest BCUT2D eigenvalue weighted by molar-refractivity contribution is 0.303. The van der Waals surface area contributed by atoms with E-state index in [0.29, 0.717) is 6.04 Å². The van der Waals surface area contributed by atoms with Crippen LogP contribution in [-0.2, 0) is 6.42 Å². The van der Waals surface area contributed by atoms with E-state index in [-0.39, 0.29) is 0 Å². The van der Waals surface area contributed by atoms with Crippen LogP contribution in [0.1, 0.15) is 43.4 Å². The van der Waals surface area contributed by atoms with Crippen molar-refractivity contribution < 1.29 is 0 Å². The standard InChI is InChI=1S/C14H23NS/c1-15-13(11-14-8-5-9-16-14)10-12-6-3-2-4-7-12/h5,8-9,12-13,15H,2-4,6-7,10-11H2,1H3. The van der Waals surface area contributed by atoms with E-state index in [9.17, 15) is 0 Å². The van der Waals surface area contributed by atoms with Gasteiger partial charge in [-0.15, -0.1) is 11.3 Å². The molecule has 16 heavy (non-hydrogen) atoms. The first-order valence-electron chi connectivity index (χ1n) is 6.58. The van der Waals surface area contributed by atoms with Crippen molar-refractivity contribution in [1.82, 2.24) is 5.32 Å². The molecule has 0 radical (unpaired) electrons. The van der Waals surface area contributed by atoms with Crippen LogP contribution in [0.2, 0.25) is 0 Å². The van der Waals surface area contributed by atoms with Gasteiger partial charge in [-0.2, -0.15) is 0 Å². The van der Waals surface area contributed by atoms with Gasteiger partial charge in [-0.25, -0.2) is 0 Å². The summed E-state index contributed by atoms with van der Waals surface area (Å²) in [5.74, 6) is 0.978. The third-order valence-electron chi connectivity index (χ3n) is 3.78. The molecule has 1 nitrogen and oxygen atoms in total. The van der Waals surface area contributed by atoms with Crippen molar-refractivity contribution in [3.05, 3.63) is 22.4 Å². The highest BCUT2D eigenvalue weighted by molar-refractivity contribution is 7.09. The van der Waals surface area contributed by atoms with Crippen molar-refractivity contribution >= 4 is 11.3 Å². The average Bonchev–Trinajstić information content (AvgIpc) is 2.82. The highest BCUT2D eigenvalue weighted by Gasteiger charge is 2.18. The molecule has 1 aliphatic carbocycles. The zero-order chi connectivity index (χ0) is 11.2. The van der Waals surface area contributed by atoms with Crippen LogP contribution in [0.4, 0.5) is 0 Å². The largest absolute Gasteiger partial charge is 0.317 e. The van der Waals surface area contributed by atoms with Crippen molar-refractivity contribution in [3.63, 3.8) is 0 Å². The minimum Gasteiger partial charge on any atom is -0.317 e. The highest BCUT2D eigenvalue weighted by Crippen LogP contribution is 2.28. The molecule has 1 unspecified atom stereocenters. The second kappa shape index (κ2) is 6.41. The molecule has 1 aromatic heterocycles. The van der Waals surface area contributed by atoms with Crippen molar-refractivity contribution in [2.45, 2.75) is 51.0 Å². The van der Waals surface area contributed by atoms with Gasteiger partial charge in [-0.3, -0.25) is 0 Å². The van der Waals surface area contributed by atoms with Crippen LogP contribution in [0.3, 0.4) is 0 Å². The normalized spacial score (nSPS) is 19.8. The van der Waals surface area contributed by atoms with Crippen LogP contribution in [0, 0.1) is 5.92 Å². The Labute approximate surface area is 103 Å². The molecule has 1 saturated carbocycles.